The van der Waals surface area contributed by atoms with Crippen LogP contribution in [-0.2, 0) is 21.6 Å². The van der Waals surface area contributed by atoms with Gasteiger partial charge in [-0.25, -0.2) is 13.8 Å². The van der Waals surface area contributed by atoms with Gasteiger partial charge in [-0.2, -0.15) is 16.7 Å². The molecule has 1 aromatic heterocycles. The Balaban J connectivity index is 1.92. The van der Waals surface area contributed by atoms with Crippen molar-refractivity contribution in [2.45, 2.75) is 12.2 Å². The largest absolute Gasteiger partial charge is 0.494 e. The molecule has 0 unspecified atom stereocenters. The molecule has 150 valence electrons. The Hall–Kier alpha value is -1.79. The Kier molecular flexibility index (Phi) is 7.19. The molecule has 11 heteroatoms. The number of aromatic nitrogens is 2. The van der Waals surface area contributed by atoms with Gasteiger partial charge in [0.2, 0.25) is 5.88 Å². The van der Waals surface area contributed by atoms with Crippen LogP contribution in [0.4, 0.5) is 8.78 Å². The van der Waals surface area contributed by atoms with Crippen LogP contribution >= 0.6 is 11.8 Å². The van der Waals surface area contributed by atoms with Gasteiger partial charge in [-0.1, -0.05) is 0 Å². The molecule has 0 atom stereocenters. The number of fused-ring (bicyclic) bond motifs is 1. The van der Waals surface area contributed by atoms with E-state index < -0.39 is 24.2 Å². The van der Waals surface area contributed by atoms with Crippen LogP contribution in [0, 0.1) is 11.6 Å². The summed E-state index contributed by atoms with van der Waals surface area (Å²) in [6, 6.07) is 1.94. The van der Waals surface area contributed by atoms with Gasteiger partial charge in [0.05, 0.1) is 24.4 Å². The molecule has 0 aliphatic carbocycles. The molecule has 0 saturated heterocycles. The average Bonchev–Trinajstić information content (AvgIpc) is 2.66. The second-order valence-corrected chi connectivity index (χ2v) is 7.08. The van der Waals surface area contributed by atoms with Gasteiger partial charge in [0.25, 0.3) is 0 Å². The maximum atomic E-state index is 14.1. The van der Waals surface area contributed by atoms with Crippen molar-refractivity contribution in [1.29, 1.82) is 0 Å². The lowest BCUT2D eigenvalue weighted by molar-refractivity contribution is -0.0108. The second kappa shape index (κ2) is 9.61. The normalized spacial score (nSPS) is 13.3. The van der Waals surface area contributed by atoms with E-state index in [1.54, 1.807) is 18.9 Å². The summed E-state index contributed by atoms with van der Waals surface area (Å²) >= 11 is 1.71. The van der Waals surface area contributed by atoms with Crippen molar-refractivity contribution in [2.75, 3.05) is 32.9 Å². The molecule has 1 aromatic carbocycles. The number of hydrogen-bond donors (Lipinski definition) is 2. The third kappa shape index (κ3) is 4.79. The number of hydrogen-bond acceptors (Lipinski definition) is 8. The fraction of sp³-hybridized carbons (Fsp3) is 0.412. The first-order valence-corrected chi connectivity index (χ1v) is 9.69. The van der Waals surface area contributed by atoms with Gasteiger partial charge in [-0.3, -0.25) is 0 Å². The third-order valence-electron chi connectivity index (χ3n) is 4.09. The number of thioether (sulfide) groups is 1. The van der Waals surface area contributed by atoms with E-state index in [1.165, 1.54) is 0 Å². The molecule has 0 saturated carbocycles. The lowest BCUT2D eigenvalue weighted by Crippen LogP contribution is -2.35. The van der Waals surface area contributed by atoms with Crippen molar-refractivity contribution < 1.29 is 33.0 Å². The van der Waals surface area contributed by atoms with E-state index in [0.29, 0.717) is 31.3 Å². The van der Waals surface area contributed by atoms with Crippen molar-refractivity contribution in [3.63, 3.8) is 0 Å². The van der Waals surface area contributed by atoms with E-state index >= 15 is 0 Å². The summed E-state index contributed by atoms with van der Waals surface area (Å²) in [5.41, 5.74) is 0.841. The van der Waals surface area contributed by atoms with Crippen LogP contribution in [0.1, 0.15) is 11.3 Å². The van der Waals surface area contributed by atoms with Crippen LogP contribution < -0.4 is 10.2 Å². The maximum absolute atomic E-state index is 14.1. The Bertz CT molecular complexity index is 820. The number of halogens is 2. The summed E-state index contributed by atoms with van der Waals surface area (Å²) in [6.45, 7) is 0.732. The first-order chi connectivity index (χ1) is 13.5. The molecule has 3 rings (SSSR count). The van der Waals surface area contributed by atoms with Crippen molar-refractivity contribution in [1.82, 2.24) is 9.97 Å². The summed E-state index contributed by atoms with van der Waals surface area (Å²) in [5, 5.41) is 18.2. The van der Waals surface area contributed by atoms with E-state index in [9.17, 15) is 8.78 Å². The standard InChI is InChI=1S/C17H19BF2N2O5S/c1-25-3-4-26-9-27-17-11-8-28-5-2-14(11)21-16(22-17)10-6-12(19)15(18(23)24)13(20)7-10/h6-7,23-24H,2-5,8-9H2,1H3. The first kappa shape index (κ1) is 20.9. The summed E-state index contributed by atoms with van der Waals surface area (Å²) in [6.07, 6.45) is 0.675. The first-order valence-electron chi connectivity index (χ1n) is 8.53. The molecular formula is C17H19BF2N2O5S. The van der Waals surface area contributed by atoms with E-state index in [2.05, 4.69) is 9.97 Å². The summed E-state index contributed by atoms with van der Waals surface area (Å²) in [5.74, 6) is -0.252. The SMILES string of the molecule is COCCOCOc1nc(-c2cc(F)c(B(O)O)c(F)c2)nc2c1CSCC2. The van der Waals surface area contributed by atoms with Crippen LogP contribution in [0.15, 0.2) is 12.1 Å². The fourth-order valence-corrected chi connectivity index (χ4v) is 3.69. The molecule has 0 radical (unpaired) electrons. The highest BCUT2D eigenvalue weighted by Crippen LogP contribution is 2.32. The molecule has 2 N–H and O–H groups in total. The molecule has 0 bridgehead atoms. The van der Waals surface area contributed by atoms with Crippen molar-refractivity contribution in [2.24, 2.45) is 0 Å². The van der Waals surface area contributed by atoms with Crippen molar-refractivity contribution >= 4 is 24.3 Å². The zero-order valence-electron chi connectivity index (χ0n) is 15.2. The number of aryl methyl sites for hydroxylation is 1. The van der Waals surface area contributed by atoms with E-state index in [-0.39, 0.29) is 18.2 Å². The molecule has 2 heterocycles. The second-order valence-electron chi connectivity index (χ2n) is 5.97. The van der Waals surface area contributed by atoms with Crippen molar-refractivity contribution in [3.8, 4) is 17.3 Å². The topological polar surface area (TPSA) is 93.9 Å². The van der Waals surface area contributed by atoms with Crippen LogP contribution in [0.5, 0.6) is 5.88 Å². The minimum atomic E-state index is -2.25. The zero-order chi connectivity index (χ0) is 20.1. The quantitative estimate of drug-likeness (QED) is 0.375. The number of methoxy groups -OCH3 is 1. The van der Waals surface area contributed by atoms with Gasteiger partial charge in [0.15, 0.2) is 12.6 Å². The molecule has 1 aliphatic rings. The van der Waals surface area contributed by atoms with Crippen LogP contribution in [0.2, 0.25) is 0 Å². The molecule has 7 nitrogen and oxygen atoms in total. The maximum Gasteiger partial charge on any atom is 0.494 e. The highest BCUT2D eigenvalue weighted by Gasteiger charge is 2.25. The molecule has 0 spiro atoms. The predicted octanol–water partition coefficient (Wildman–Crippen LogP) is 0.890. The fourth-order valence-electron chi connectivity index (χ4n) is 2.71. The number of benzene rings is 1. The Morgan fingerprint density at radius 1 is 1.18 bits per heavy atom. The minimum absolute atomic E-state index is 0.0463. The van der Waals surface area contributed by atoms with E-state index in [0.717, 1.165) is 29.1 Å². The Labute approximate surface area is 165 Å². The van der Waals surface area contributed by atoms with Crippen LogP contribution in [-0.4, -0.2) is 60.0 Å². The smallest absolute Gasteiger partial charge is 0.450 e. The van der Waals surface area contributed by atoms with Crippen molar-refractivity contribution in [3.05, 3.63) is 35.0 Å². The third-order valence-corrected chi connectivity index (χ3v) is 5.08. The Morgan fingerprint density at radius 2 is 1.93 bits per heavy atom. The zero-order valence-corrected chi connectivity index (χ0v) is 16.0. The van der Waals surface area contributed by atoms with Gasteiger partial charge >= 0.3 is 7.12 Å². The van der Waals surface area contributed by atoms with E-state index in [1.807, 2.05) is 0 Å². The highest BCUT2D eigenvalue weighted by molar-refractivity contribution is 7.98. The molecule has 0 amide bonds. The van der Waals surface area contributed by atoms with Gasteiger partial charge in [-0.15, -0.1) is 0 Å². The van der Waals surface area contributed by atoms with Crippen LogP contribution in [0.25, 0.3) is 11.4 Å². The highest BCUT2D eigenvalue weighted by atomic mass is 32.2. The number of ether oxygens (including phenoxy) is 3. The molecule has 28 heavy (non-hydrogen) atoms. The number of rotatable bonds is 8. The molecule has 2 aromatic rings. The van der Waals surface area contributed by atoms with Gasteiger partial charge in [0, 0.05) is 24.0 Å². The molecule has 0 fully saturated rings. The lowest BCUT2D eigenvalue weighted by atomic mass is 9.79. The number of nitrogens with zero attached hydrogens (tertiary/aromatic N) is 2. The van der Waals surface area contributed by atoms with Crippen LogP contribution in [0.3, 0.4) is 0 Å². The lowest BCUT2D eigenvalue weighted by Gasteiger charge is -2.19. The predicted molar refractivity (Wildman–Crippen MR) is 100 cm³/mol. The van der Waals surface area contributed by atoms with Gasteiger partial charge < -0.3 is 24.3 Å². The van der Waals surface area contributed by atoms with Gasteiger partial charge in [0.1, 0.15) is 11.6 Å². The monoisotopic (exact) mass is 412 g/mol. The average molecular weight is 412 g/mol. The Morgan fingerprint density at radius 3 is 2.61 bits per heavy atom. The summed E-state index contributed by atoms with van der Waals surface area (Å²) in [4.78, 5) is 8.75. The summed E-state index contributed by atoms with van der Waals surface area (Å²) in [7, 11) is -0.688. The molecule has 1 aliphatic heterocycles. The van der Waals surface area contributed by atoms with Gasteiger partial charge in [-0.05, 0) is 24.3 Å². The minimum Gasteiger partial charge on any atom is -0.450 e. The van der Waals surface area contributed by atoms with E-state index in [4.69, 9.17) is 24.3 Å². The molecular weight excluding hydrogens is 393 g/mol. The summed E-state index contributed by atoms with van der Waals surface area (Å²) < 4.78 is 44.1.